The average Bonchev–Trinajstić information content (AvgIpc) is 2.33. The van der Waals surface area contributed by atoms with E-state index in [1.165, 1.54) is 6.20 Å². The first-order valence-electron chi connectivity index (χ1n) is 5.05. The number of benzene rings is 1. The molecule has 0 spiro atoms. The highest BCUT2D eigenvalue weighted by molar-refractivity contribution is 9.10. The molecule has 1 N–H and O–H groups in total. The number of hydrogen-bond donors (Lipinski definition) is 1. The van der Waals surface area contributed by atoms with Crippen LogP contribution in [0.25, 0.3) is 0 Å². The lowest BCUT2D eigenvalue weighted by Gasteiger charge is -2.07. The Kier molecular flexibility index (Phi) is 4.84. The fourth-order valence-corrected chi connectivity index (χ4v) is 2.57. The van der Waals surface area contributed by atoms with Gasteiger partial charge >= 0.3 is 0 Å². The van der Waals surface area contributed by atoms with Gasteiger partial charge in [0.05, 0.1) is 26.9 Å². The molecule has 0 fully saturated rings. The maximum absolute atomic E-state index is 12.1. The molecular formula is C12H6Br2Cl2N2O. The first kappa shape index (κ1) is 14.8. The van der Waals surface area contributed by atoms with Crippen LogP contribution in [-0.4, -0.2) is 10.9 Å². The quantitative estimate of drug-likeness (QED) is 0.676. The lowest BCUT2D eigenvalue weighted by atomic mass is 10.2. The monoisotopic (exact) mass is 422 g/mol. The van der Waals surface area contributed by atoms with Gasteiger partial charge in [-0.1, -0.05) is 39.1 Å². The minimum absolute atomic E-state index is 0.312. The molecule has 0 aliphatic heterocycles. The number of halogens is 4. The summed E-state index contributed by atoms with van der Waals surface area (Å²) in [6, 6.07) is 6.71. The number of pyridine rings is 1. The molecule has 19 heavy (non-hydrogen) atoms. The van der Waals surface area contributed by atoms with Gasteiger partial charge in [-0.05, 0) is 40.2 Å². The van der Waals surface area contributed by atoms with Crippen LogP contribution in [0.4, 0.5) is 5.69 Å². The van der Waals surface area contributed by atoms with Crippen LogP contribution in [0.5, 0.6) is 0 Å². The summed E-state index contributed by atoms with van der Waals surface area (Å²) in [6.07, 6.45) is 1.47. The number of aromatic nitrogens is 1. The molecule has 0 saturated heterocycles. The van der Waals surface area contributed by atoms with Crippen LogP contribution in [0.1, 0.15) is 10.4 Å². The number of amides is 1. The second-order valence-electron chi connectivity index (χ2n) is 3.57. The van der Waals surface area contributed by atoms with E-state index < -0.39 is 0 Å². The average molecular weight is 425 g/mol. The maximum Gasteiger partial charge on any atom is 0.257 e. The van der Waals surface area contributed by atoms with E-state index in [2.05, 4.69) is 42.2 Å². The van der Waals surface area contributed by atoms with Crippen LogP contribution in [0.15, 0.2) is 39.4 Å². The fraction of sp³-hybridized carbons (Fsp3) is 0. The molecule has 7 heteroatoms. The number of nitrogens with one attached hydrogen (secondary N) is 1. The van der Waals surface area contributed by atoms with Gasteiger partial charge in [0.15, 0.2) is 0 Å². The zero-order chi connectivity index (χ0) is 14.0. The molecule has 1 amide bonds. The highest BCUT2D eigenvalue weighted by atomic mass is 79.9. The molecule has 0 saturated carbocycles. The lowest BCUT2D eigenvalue weighted by molar-refractivity contribution is 0.102. The molecule has 0 aliphatic rings. The number of rotatable bonds is 2. The molecule has 1 aromatic carbocycles. The summed E-state index contributed by atoms with van der Waals surface area (Å²) in [7, 11) is 0. The second kappa shape index (κ2) is 6.22. The normalized spacial score (nSPS) is 10.3. The van der Waals surface area contributed by atoms with Gasteiger partial charge in [0.2, 0.25) is 0 Å². The van der Waals surface area contributed by atoms with E-state index in [0.717, 1.165) is 4.47 Å². The van der Waals surface area contributed by atoms with Crippen molar-refractivity contribution in [2.45, 2.75) is 0 Å². The van der Waals surface area contributed by atoms with Gasteiger partial charge < -0.3 is 5.32 Å². The van der Waals surface area contributed by atoms with Crippen molar-refractivity contribution in [3.8, 4) is 0 Å². The predicted octanol–water partition coefficient (Wildman–Crippen LogP) is 5.17. The second-order valence-corrected chi connectivity index (χ2v) is 6.11. The van der Waals surface area contributed by atoms with Crippen molar-refractivity contribution >= 4 is 66.7 Å². The summed E-state index contributed by atoms with van der Waals surface area (Å²) in [6.45, 7) is 0. The zero-order valence-corrected chi connectivity index (χ0v) is 13.9. The van der Waals surface area contributed by atoms with E-state index in [1.807, 2.05) is 0 Å². The number of anilines is 1. The number of nitrogens with zero attached hydrogens (tertiary/aromatic N) is 1. The Hall–Kier alpha value is -0.620. The third-order valence-electron chi connectivity index (χ3n) is 2.23. The molecule has 3 nitrogen and oxygen atoms in total. The van der Waals surface area contributed by atoms with E-state index in [0.29, 0.717) is 25.9 Å². The van der Waals surface area contributed by atoms with Crippen LogP contribution >= 0.6 is 55.1 Å². The lowest BCUT2D eigenvalue weighted by Crippen LogP contribution is -2.12. The summed E-state index contributed by atoms with van der Waals surface area (Å²) in [5.74, 6) is -0.312. The van der Waals surface area contributed by atoms with E-state index in [-0.39, 0.29) is 5.91 Å². The van der Waals surface area contributed by atoms with Crippen molar-refractivity contribution in [2.24, 2.45) is 0 Å². The van der Waals surface area contributed by atoms with E-state index in [9.17, 15) is 4.79 Å². The molecule has 0 bridgehead atoms. The molecule has 0 aliphatic carbocycles. The van der Waals surface area contributed by atoms with Crippen molar-refractivity contribution in [2.75, 3.05) is 5.32 Å². The van der Waals surface area contributed by atoms with Crippen molar-refractivity contribution < 1.29 is 4.79 Å². The summed E-state index contributed by atoms with van der Waals surface area (Å²) in [4.78, 5) is 16.0. The Bertz CT molecular complexity index is 650. The van der Waals surface area contributed by atoms with Gasteiger partial charge in [0, 0.05) is 4.47 Å². The van der Waals surface area contributed by atoms with E-state index in [4.69, 9.17) is 23.2 Å². The van der Waals surface area contributed by atoms with Crippen molar-refractivity contribution in [3.63, 3.8) is 0 Å². The third kappa shape index (κ3) is 3.69. The van der Waals surface area contributed by atoms with Gasteiger partial charge in [0.1, 0.15) is 5.15 Å². The van der Waals surface area contributed by atoms with Gasteiger partial charge in [-0.3, -0.25) is 4.79 Å². The van der Waals surface area contributed by atoms with Gasteiger partial charge in [0.25, 0.3) is 5.91 Å². The molecular weight excluding hydrogens is 419 g/mol. The van der Waals surface area contributed by atoms with Crippen molar-refractivity contribution in [1.29, 1.82) is 0 Å². The maximum atomic E-state index is 12.1. The molecule has 0 radical (unpaired) electrons. The van der Waals surface area contributed by atoms with Crippen molar-refractivity contribution in [1.82, 2.24) is 4.98 Å². The molecule has 0 unspecified atom stereocenters. The Morgan fingerprint density at radius 1 is 1.21 bits per heavy atom. The van der Waals surface area contributed by atoms with Gasteiger partial charge in [-0.2, -0.15) is 0 Å². The molecule has 2 aromatic rings. The molecule has 1 heterocycles. The van der Waals surface area contributed by atoms with Crippen LogP contribution in [0, 0.1) is 0 Å². The van der Waals surface area contributed by atoms with Gasteiger partial charge in [-0.15, -0.1) is 0 Å². The smallest absolute Gasteiger partial charge is 0.257 e. The Balaban J connectivity index is 2.23. The third-order valence-corrected chi connectivity index (χ3v) is 4.17. The Morgan fingerprint density at radius 3 is 2.58 bits per heavy atom. The molecule has 2 rings (SSSR count). The summed E-state index contributed by atoms with van der Waals surface area (Å²) < 4.78 is 1.42. The fourth-order valence-electron chi connectivity index (χ4n) is 1.36. The topological polar surface area (TPSA) is 42.0 Å². The standard InChI is InChI=1S/C12H6Br2Cl2N2O/c13-6-1-2-8(10(15)3-6)12(19)18-7-4-9(14)11(16)17-5-7/h1-5H,(H,18,19). The number of carbonyl (C=O) groups excluding carboxylic acids is 1. The summed E-state index contributed by atoms with van der Waals surface area (Å²) in [5.41, 5.74) is 0.913. The van der Waals surface area contributed by atoms with Crippen LogP contribution < -0.4 is 5.32 Å². The SMILES string of the molecule is O=C(Nc1cnc(Cl)c(Br)c1)c1ccc(Br)cc1Cl. The minimum atomic E-state index is -0.312. The van der Waals surface area contributed by atoms with Crippen molar-refractivity contribution in [3.05, 3.63) is 55.1 Å². The van der Waals surface area contributed by atoms with Crippen LogP contribution in [0.3, 0.4) is 0 Å². The Morgan fingerprint density at radius 2 is 1.95 bits per heavy atom. The predicted molar refractivity (Wildman–Crippen MR) is 84.1 cm³/mol. The number of hydrogen-bond acceptors (Lipinski definition) is 2. The largest absolute Gasteiger partial charge is 0.321 e. The number of carbonyl (C=O) groups is 1. The first-order valence-corrected chi connectivity index (χ1v) is 7.39. The molecule has 98 valence electrons. The van der Waals surface area contributed by atoms with E-state index in [1.54, 1.807) is 24.3 Å². The molecule has 1 aromatic heterocycles. The summed E-state index contributed by atoms with van der Waals surface area (Å²) >= 11 is 18.3. The van der Waals surface area contributed by atoms with Crippen LogP contribution in [-0.2, 0) is 0 Å². The molecule has 0 atom stereocenters. The Labute approximate surface area is 136 Å². The van der Waals surface area contributed by atoms with Crippen LogP contribution in [0.2, 0.25) is 10.2 Å². The summed E-state index contributed by atoms with van der Waals surface area (Å²) in [5, 5.41) is 3.40. The first-order chi connectivity index (χ1) is 8.97. The van der Waals surface area contributed by atoms with Gasteiger partial charge in [-0.25, -0.2) is 4.98 Å². The van der Waals surface area contributed by atoms with E-state index >= 15 is 0 Å². The highest BCUT2D eigenvalue weighted by Crippen LogP contribution is 2.25. The zero-order valence-electron chi connectivity index (χ0n) is 9.25. The highest BCUT2D eigenvalue weighted by Gasteiger charge is 2.11. The minimum Gasteiger partial charge on any atom is -0.321 e.